The zero-order chi connectivity index (χ0) is 12.3. The summed E-state index contributed by atoms with van der Waals surface area (Å²) in [6.45, 7) is 0. The second kappa shape index (κ2) is 4.69. The Balaban J connectivity index is 3.03. The number of hydrogen-bond acceptors (Lipinski definition) is 3. The van der Waals surface area contributed by atoms with Crippen molar-refractivity contribution >= 4 is 17.6 Å². The molecule has 0 saturated heterocycles. The number of nitrogens with zero attached hydrogens (tertiary/aromatic N) is 1. The molecule has 7 heteroatoms. The third kappa shape index (κ3) is 3.10. The monoisotopic (exact) mass is 253 g/mol. The Kier molecular flexibility index (Phi) is 3.74. The van der Waals surface area contributed by atoms with Crippen LogP contribution in [0, 0.1) is 0 Å². The van der Waals surface area contributed by atoms with E-state index in [4.69, 9.17) is 11.6 Å². The third-order valence-electron chi connectivity index (χ3n) is 1.78. The summed E-state index contributed by atoms with van der Waals surface area (Å²) in [6, 6.07) is 0.784. The summed E-state index contributed by atoms with van der Waals surface area (Å²) in [5.74, 6) is -0.641. The van der Waals surface area contributed by atoms with E-state index >= 15 is 0 Å². The third-order valence-corrected chi connectivity index (χ3v) is 2.08. The van der Waals surface area contributed by atoms with Crippen molar-refractivity contribution in [2.45, 2.75) is 12.6 Å². The minimum absolute atomic E-state index is 0.101. The fourth-order valence-electron chi connectivity index (χ4n) is 1.03. The largest absolute Gasteiger partial charge is 0.469 e. The van der Waals surface area contributed by atoms with Crippen molar-refractivity contribution < 1.29 is 22.7 Å². The van der Waals surface area contributed by atoms with E-state index in [0.717, 1.165) is 19.4 Å². The number of pyridine rings is 1. The molecule has 1 aromatic heterocycles. The Bertz CT molecular complexity index is 406. The first-order valence-electron chi connectivity index (χ1n) is 4.13. The van der Waals surface area contributed by atoms with Crippen LogP contribution in [0.4, 0.5) is 13.2 Å². The minimum atomic E-state index is -4.59. The molecule has 0 aliphatic carbocycles. The van der Waals surface area contributed by atoms with Gasteiger partial charge in [-0.1, -0.05) is 11.6 Å². The van der Waals surface area contributed by atoms with Crippen molar-refractivity contribution in [1.29, 1.82) is 0 Å². The SMILES string of the molecule is COC(=O)Cc1cnc(Cl)c(C(F)(F)F)c1. The lowest BCUT2D eigenvalue weighted by Crippen LogP contribution is -2.10. The molecule has 1 rings (SSSR count). The first-order chi connectivity index (χ1) is 7.34. The Labute approximate surface area is 94.2 Å². The van der Waals surface area contributed by atoms with E-state index in [1.54, 1.807) is 0 Å². The molecule has 3 nitrogen and oxygen atoms in total. The minimum Gasteiger partial charge on any atom is -0.469 e. The second-order valence-electron chi connectivity index (χ2n) is 2.93. The Hall–Kier alpha value is -1.30. The fourth-order valence-corrected chi connectivity index (χ4v) is 1.24. The normalized spacial score (nSPS) is 11.3. The zero-order valence-electron chi connectivity index (χ0n) is 8.14. The zero-order valence-corrected chi connectivity index (χ0v) is 8.89. The van der Waals surface area contributed by atoms with Crippen molar-refractivity contribution in [2.75, 3.05) is 7.11 Å². The van der Waals surface area contributed by atoms with Crippen LogP contribution in [0.2, 0.25) is 5.15 Å². The number of methoxy groups -OCH3 is 1. The quantitative estimate of drug-likeness (QED) is 0.600. The van der Waals surface area contributed by atoms with Crippen LogP contribution in [0.25, 0.3) is 0 Å². The van der Waals surface area contributed by atoms with E-state index < -0.39 is 22.9 Å². The summed E-state index contributed by atoms with van der Waals surface area (Å²) < 4.78 is 41.6. The highest BCUT2D eigenvalue weighted by atomic mass is 35.5. The number of hydrogen-bond donors (Lipinski definition) is 0. The molecule has 0 aliphatic heterocycles. The van der Waals surface area contributed by atoms with Gasteiger partial charge in [-0.25, -0.2) is 4.98 Å². The molecule has 0 radical (unpaired) electrons. The summed E-state index contributed by atoms with van der Waals surface area (Å²) >= 11 is 5.30. The number of carbonyl (C=O) groups is 1. The first-order valence-corrected chi connectivity index (χ1v) is 4.51. The number of rotatable bonds is 2. The summed E-state index contributed by atoms with van der Waals surface area (Å²) in [7, 11) is 1.15. The van der Waals surface area contributed by atoms with Gasteiger partial charge < -0.3 is 4.74 Å². The van der Waals surface area contributed by atoms with E-state index in [1.165, 1.54) is 0 Å². The predicted molar refractivity (Wildman–Crippen MR) is 50.0 cm³/mol. The van der Waals surface area contributed by atoms with Gasteiger partial charge >= 0.3 is 12.1 Å². The topological polar surface area (TPSA) is 39.2 Å². The van der Waals surface area contributed by atoms with Crippen molar-refractivity contribution in [3.05, 3.63) is 28.5 Å². The molecule has 0 unspecified atom stereocenters. The van der Waals surface area contributed by atoms with Gasteiger partial charge in [0.25, 0.3) is 0 Å². The lowest BCUT2D eigenvalue weighted by Gasteiger charge is -2.09. The van der Waals surface area contributed by atoms with Gasteiger partial charge in [-0.05, 0) is 11.6 Å². The molecular weight excluding hydrogens is 247 g/mol. The Morgan fingerprint density at radius 2 is 2.19 bits per heavy atom. The molecule has 0 bridgehead atoms. The van der Waals surface area contributed by atoms with Gasteiger partial charge in [0.1, 0.15) is 5.15 Å². The molecule has 0 spiro atoms. The number of halogens is 4. The maximum Gasteiger partial charge on any atom is 0.419 e. The summed E-state index contributed by atoms with van der Waals surface area (Å²) in [6.07, 6.45) is -3.76. The molecular formula is C9H7ClF3NO2. The van der Waals surface area contributed by atoms with Crippen LogP contribution < -0.4 is 0 Å². The molecule has 1 heterocycles. The van der Waals surface area contributed by atoms with Crippen molar-refractivity contribution in [2.24, 2.45) is 0 Å². The first kappa shape index (κ1) is 12.8. The average Bonchev–Trinajstić information content (AvgIpc) is 2.19. The molecule has 0 N–H and O–H groups in total. The van der Waals surface area contributed by atoms with Crippen LogP contribution in [0.3, 0.4) is 0 Å². The molecule has 0 saturated carbocycles. The van der Waals surface area contributed by atoms with Gasteiger partial charge in [0, 0.05) is 6.20 Å². The smallest absolute Gasteiger partial charge is 0.419 e. The van der Waals surface area contributed by atoms with Crippen LogP contribution in [-0.4, -0.2) is 18.1 Å². The lowest BCUT2D eigenvalue weighted by atomic mass is 10.1. The number of carbonyl (C=O) groups excluding carboxylic acids is 1. The molecule has 88 valence electrons. The summed E-state index contributed by atoms with van der Waals surface area (Å²) in [4.78, 5) is 14.2. The van der Waals surface area contributed by atoms with Crippen molar-refractivity contribution in [3.63, 3.8) is 0 Å². The van der Waals surface area contributed by atoms with Gasteiger partial charge in [0.2, 0.25) is 0 Å². The van der Waals surface area contributed by atoms with E-state index in [1.807, 2.05) is 0 Å². The van der Waals surface area contributed by atoms with Crippen LogP contribution in [0.1, 0.15) is 11.1 Å². The van der Waals surface area contributed by atoms with Gasteiger partial charge in [0.05, 0.1) is 19.1 Å². The van der Waals surface area contributed by atoms with Crippen LogP contribution in [0.5, 0.6) is 0 Å². The Morgan fingerprint density at radius 1 is 1.56 bits per heavy atom. The molecule has 0 aliphatic rings. The highest BCUT2D eigenvalue weighted by molar-refractivity contribution is 6.30. The number of alkyl halides is 3. The van der Waals surface area contributed by atoms with E-state index in [9.17, 15) is 18.0 Å². The highest BCUT2D eigenvalue weighted by Gasteiger charge is 2.34. The van der Waals surface area contributed by atoms with E-state index in [0.29, 0.717) is 0 Å². The predicted octanol–water partition coefficient (Wildman–Crippen LogP) is 2.47. The standard InChI is InChI=1S/C9H7ClF3NO2/c1-16-7(15)3-5-2-6(9(11,12)13)8(10)14-4-5/h2,4H,3H2,1H3. The molecule has 0 aromatic carbocycles. The molecule has 0 fully saturated rings. The Morgan fingerprint density at radius 3 is 2.69 bits per heavy atom. The second-order valence-corrected chi connectivity index (χ2v) is 3.29. The van der Waals surface area contributed by atoms with Gasteiger partial charge in [0.15, 0.2) is 0 Å². The van der Waals surface area contributed by atoms with Crippen molar-refractivity contribution in [3.8, 4) is 0 Å². The van der Waals surface area contributed by atoms with Gasteiger partial charge in [-0.2, -0.15) is 13.2 Å². The van der Waals surface area contributed by atoms with Gasteiger partial charge in [-0.15, -0.1) is 0 Å². The van der Waals surface area contributed by atoms with E-state index in [-0.39, 0.29) is 12.0 Å². The lowest BCUT2D eigenvalue weighted by molar-refractivity contribution is -0.140. The maximum atomic E-state index is 12.4. The number of aromatic nitrogens is 1. The van der Waals surface area contributed by atoms with Crippen molar-refractivity contribution in [1.82, 2.24) is 4.98 Å². The van der Waals surface area contributed by atoms with Crippen LogP contribution >= 0.6 is 11.6 Å². The maximum absolute atomic E-state index is 12.4. The van der Waals surface area contributed by atoms with Crippen LogP contribution in [0.15, 0.2) is 12.3 Å². The summed E-state index contributed by atoms with van der Waals surface area (Å²) in [5.41, 5.74) is -0.959. The highest BCUT2D eigenvalue weighted by Crippen LogP contribution is 2.33. The van der Waals surface area contributed by atoms with E-state index in [2.05, 4.69) is 9.72 Å². The van der Waals surface area contributed by atoms with Gasteiger partial charge in [-0.3, -0.25) is 4.79 Å². The van der Waals surface area contributed by atoms with Crippen LogP contribution in [-0.2, 0) is 22.1 Å². The number of ether oxygens (including phenoxy) is 1. The summed E-state index contributed by atoms with van der Waals surface area (Å²) in [5, 5.41) is -0.638. The number of esters is 1. The molecule has 0 amide bonds. The molecule has 0 atom stereocenters. The molecule has 16 heavy (non-hydrogen) atoms. The molecule has 1 aromatic rings. The fraction of sp³-hybridized carbons (Fsp3) is 0.333. The average molecular weight is 254 g/mol.